The minimum atomic E-state index is -0.217. The Morgan fingerprint density at radius 2 is 1.83 bits per heavy atom. The maximum absolute atomic E-state index is 5.96. The SMILES string of the molecule is COc1ccc(C(C)NCC(C)(C)N)cc1OC. The summed E-state index contributed by atoms with van der Waals surface area (Å²) in [6.07, 6.45) is 0. The van der Waals surface area contributed by atoms with Gasteiger partial charge in [-0.15, -0.1) is 0 Å². The molecule has 0 aliphatic rings. The predicted molar refractivity (Wildman–Crippen MR) is 74.2 cm³/mol. The van der Waals surface area contributed by atoms with Crippen LogP contribution in [0.1, 0.15) is 32.4 Å². The lowest BCUT2D eigenvalue weighted by molar-refractivity contribution is 0.353. The van der Waals surface area contributed by atoms with E-state index in [4.69, 9.17) is 15.2 Å². The second-order valence-electron chi connectivity index (χ2n) is 5.21. The quantitative estimate of drug-likeness (QED) is 0.814. The fourth-order valence-electron chi connectivity index (χ4n) is 1.66. The molecule has 0 bridgehead atoms. The summed E-state index contributed by atoms with van der Waals surface area (Å²) in [7, 11) is 3.28. The van der Waals surface area contributed by atoms with Crippen molar-refractivity contribution in [2.75, 3.05) is 20.8 Å². The fourth-order valence-corrected chi connectivity index (χ4v) is 1.66. The van der Waals surface area contributed by atoms with E-state index in [1.54, 1.807) is 14.2 Å². The van der Waals surface area contributed by atoms with Gasteiger partial charge in [0.1, 0.15) is 0 Å². The van der Waals surface area contributed by atoms with Crippen LogP contribution >= 0.6 is 0 Å². The van der Waals surface area contributed by atoms with Gasteiger partial charge < -0.3 is 20.5 Å². The summed E-state index contributed by atoms with van der Waals surface area (Å²) in [5, 5.41) is 3.41. The Morgan fingerprint density at radius 1 is 1.22 bits per heavy atom. The molecule has 0 aromatic heterocycles. The number of nitrogens with one attached hydrogen (secondary N) is 1. The van der Waals surface area contributed by atoms with Gasteiger partial charge in [-0.25, -0.2) is 0 Å². The summed E-state index contributed by atoms with van der Waals surface area (Å²) in [6.45, 7) is 6.86. The summed E-state index contributed by atoms with van der Waals surface area (Å²) in [6, 6.07) is 6.15. The van der Waals surface area contributed by atoms with Crippen molar-refractivity contribution in [3.8, 4) is 11.5 Å². The lowest BCUT2D eigenvalue weighted by Crippen LogP contribution is -2.43. The first-order valence-electron chi connectivity index (χ1n) is 6.11. The van der Waals surface area contributed by atoms with Crippen LogP contribution in [0, 0.1) is 0 Å². The van der Waals surface area contributed by atoms with E-state index in [0.717, 1.165) is 23.6 Å². The van der Waals surface area contributed by atoms with E-state index in [9.17, 15) is 0 Å². The second kappa shape index (κ2) is 6.07. The summed E-state index contributed by atoms with van der Waals surface area (Å²) in [5.41, 5.74) is 6.89. The van der Waals surface area contributed by atoms with Gasteiger partial charge in [0, 0.05) is 18.1 Å². The van der Waals surface area contributed by atoms with Gasteiger partial charge in [-0.3, -0.25) is 0 Å². The average Bonchev–Trinajstić information content (AvgIpc) is 2.34. The lowest BCUT2D eigenvalue weighted by atomic mass is 10.0. The zero-order valence-electron chi connectivity index (χ0n) is 11.9. The number of methoxy groups -OCH3 is 2. The third-order valence-electron chi connectivity index (χ3n) is 2.77. The van der Waals surface area contributed by atoms with Crippen LogP contribution in [0.2, 0.25) is 0 Å². The van der Waals surface area contributed by atoms with Gasteiger partial charge >= 0.3 is 0 Å². The number of hydrogen-bond acceptors (Lipinski definition) is 4. The van der Waals surface area contributed by atoms with Crippen LogP contribution < -0.4 is 20.5 Å². The Labute approximate surface area is 109 Å². The van der Waals surface area contributed by atoms with E-state index in [0.29, 0.717) is 0 Å². The fraction of sp³-hybridized carbons (Fsp3) is 0.571. The number of nitrogens with two attached hydrogens (primary N) is 1. The molecule has 0 fully saturated rings. The van der Waals surface area contributed by atoms with Crippen LogP contribution in [0.3, 0.4) is 0 Å². The zero-order valence-corrected chi connectivity index (χ0v) is 11.9. The highest BCUT2D eigenvalue weighted by molar-refractivity contribution is 5.43. The third-order valence-corrected chi connectivity index (χ3v) is 2.77. The standard InChI is InChI=1S/C14H24N2O2/c1-10(16-9-14(2,3)15)11-6-7-12(17-4)13(8-11)18-5/h6-8,10,16H,9,15H2,1-5H3. The first kappa shape index (κ1) is 14.8. The zero-order chi connectivity index (χ0) is 13.8. The number of rotatable bonds is 6. The van der Waals surface area contributed by atoms with Crippen molar-refractivity contribution in [1.82, 2.24) is 5.32 Å². The van der Waals surface area contributed by atoms with Gasteiger partial charge in [0.25, 0.3) is 0 Å². The Bertz CT molecular complexity index is 386. The second-order valence-corrected chi connectivity index (χ2v) is 5.21. The van der Waals surface area contributed by atoms with Crippen LogP contribution in [0.25, 0.3) is 0 Å². The maximum atomic E-state index is 5.96. The molecule has 18 heavy (non-hydrogen) atoms. The van der Waals surface area contributed by atoms with Crippen molar-refractivity contribution in [1.29, 1.82) is 0 Å². The van der Waals surface area contributed by atoms with Crippen molar-refractivity contribution in [3.05, 3.63) is 23.8 Å². The van der Waals surface area contributed by atoms with E-state index < -0.39 is 0 Å². The molecular weight excluding hydrogens is 228 g/mol. The molecule has 0 aliphatic heterocycles. The largest absolute Gasteiger partial charge is 0.493 e. The first-order valence-corrected chi connectivity index (χ1v) is 6.11. The van der Waals surface area contributed by atoms with E-state index in [-0.39, 0.29) is 11.6 Å². The molecule has 0 saturated heterocycles. The van der Waals surface area contributed by atoms with Gasteiger partial charge in [-0.1, -0.05) is 6.07 Å². The summed E-state index contributed by atoms with van der Waals surface area (Å²) in [5.74, 6) is 1.49. The minimum Gasteiger partial charge on any atom is -0.493 e. The van der Waals surface area contributed by atoms with Crippen LogP contribution in [0.4, 0.5) is 0 Å². The molecule has 102 valence electrons. The van der Waals surface area contributed by atoms with Gasteiger partial charge in [0.2, 0.25) is 0 Å². The molecule has 1 unspecified atom stereocenters. The Balaban J connectivity index is 2.77. The Kier molecular flexibility index (Phi) is 4.99. The molecule has 4 nitrogen and oxygen atoms in total. The van der Waals surface area contributed by atoms with Crippen molar-refractivity contribution >= 4 is 0 Å². The van der Waals surface area contributed by atoms with Crippen LogP contribution in [-0.4, -0.2) is 26.3 Å². The normalized spacial score (nSPS) is 13.2. The summed E-state index contributed by atoms with van der Waals surface area (Å²) in [4.78, 5) is 0. The molecule has 0 amide bonds. The molecule has 1 aromatic carbocycles. The number of ether oxygens (including phenoxy) is 2. The number of hydrogen-bond donors (Lipinski definition) is 2. The molecule has 1 atom stereocenters. The molecule has 3 N–H and O–H groups in total. The topological polar surface area (TPSA) is 56.5 Å². The van der Waals surface area contributed by atoms with Crippen LogP contribution in [-0.2, 0) is 0 Å². The predicted octanol–water partition coefficient (Wildman–Crippen LogP) is 2.09. The first-order chi connectivity index (χ1) is 8.37. The van der Waals surface area contributed by atoms with Crippen LogP contribution in [0.5, 0.6) is 11.5 Å². The van der Waals surface area contributed by atoms with E-state index in [2.05, 4.69) is 12.2 Å². The summed E-state index contributed by atoms with van der Waals surface area (Å²) >= 11 is 0. The van der Waals surface area contributed by atoms with Gasteiger partial charge in [-0.2, -0.15) is 0 Å². The smallest absolute Gasteiger partial charge is 0.161 e. The monoisotopic (exact) mass is 252 g/mol. The molecule has 4 heteroatoms. The summed E-state index contributed by atoms with van der Waals surface area (Å²) < 4.78 is 10.5. The highest BCUT2D eigenvalue weighted by Crippen LogP contribution is 2.29. The highest BCUT2D eigenvalue weighted by atomic mass is 16.5. The molecule has 1 aromatic rings. The van der Waals surface area contributed by atoms with Crippen molar-refractivity contribution in [2.24, 2.45) is 5.73 Å². The molecule has 0 radical (unpaired) electrons. The van der Waals surface area contributed by atoms with Gasteiger partial charge in [0.05, 0.1) is 14.2 Å². The van der Waals surface area contributed by atoms with E-state index >= 15 is 0 Å². The van der Waals surface area contributed by atoms with Crippen LogP contribution in [0.15, 0.2) is 18.2 Å². The maximum Gasteiger partial charge on any atom is 0.161 e. The average molecular weight is 252 g/mol. The highest BCUT2D eigenvalue weighted by Gasteiger charge is 2.14. The van der Waals surface area contributed by atoms with E-state index in [1.165, 1.54) is 0 Å². The number of benzene rings is 1. The molecule has 0 aliphatic carbocycles. The van der Waals surface area contributed by atoms with Crippen molar-refractivity contribution < 1.29 is 9.47 Å². The lowest BCUT2D eigenvalue weighted by Gasteiger charge is -2.23. The van der Waals surface area contributed by atoms with Gasteiger partial charge in [0.15, 0.2) is 11.5 Å². The molecule has 0 saturated carbocycles. The molecule has 1 rings (SSSR count). The molecule has 0 heterocycles. The third kappa shape index (κ3) is 4.20. The Hall–Kier alpha value is -1.26. The van der Waals surface area contributed by atoms with Crippen molar-refractivity contribution in [2.45, 2.75) is 32.4 Å². The molecule has 0 spiro atoms. The van der Waals surface area contributed by atoms with E-state index in [1.807, 2.05) is 32.0 Å². The molecular formula is C14H24N2O2. The minimum absolute atomic E-state index is 0.215. The van der Waals surface area contributed by atoms with Gasteiger partial charge in [-0.05, 0) is 38.5 Å². The van der Waals surface area contributed by atoms with Crippen molar-refractivity contribution in [3.63, 3.8) is 0 Å². The Morgan fingerprint density at radius 3 is 2.33 bits per heavy atom.